The van der Waals surface area contributed by atoms with Gasteiger partial charge in [-0.2, -0.15) is 0 Å². The van der Waals surface area contributed by atoms with Crippen molar-refractivity contribution in [1.29, 1.82) is 0 Å². The minimum absolute atomic E-state index is 0.0828. The van der Waals surface area contributed by atoms with Crippen LogP contribution in [0, 0.1) is 0 Å². The first kappa shape index (κ1) is 19.2. The largest absolute Gasteiger partial charge is 0.482 e. The van der Waals surface area contributed by atoms with Crippen LogP contribution in [0.25, 0.3) is 12.2 Å². The van der Waals surface area contributed by atoms with Crippen LogP contribution in [-0.2, 0) is 9.53 Å². The molecule has 0 bridgehead atoms. The molecule has 2 aromatic rings. The van der Waals surface area contributed by atoms with Crippen molar-refractivity contribution in [2.24, 2.45) is 10.3 Å². The summed E-state index contributed by atoms with van der Waals surface area (Å²) in [5.41, 5.74) is 2.90. The van der Waals surface area contributed by atoms with Crippen LogP contribution in [0.5, 0.6) is 5.75 Å². The lowest BCUT2D eigenvalue weighted by molar-refractivity contribution is -0.145. The maximum Gasteiger partial charge on any atom is 0.344 e. The van der Waals surface area contributed by atoms with E-state index in [0.717, 1.165) is 16.8 Å². The van der Waals surface area contributed by atoms with Crippen molar-refractivity contribution in [3.8, 4) is 5.75 Å². The lowest BCUT2D eigenvalue weighted by Gasteiger charge is -2.05. The van der Waals surface area contributed by atoms with Crippen molar-refractivity contribution >= 4 is 23.8 Å². The molecule has 2 rings (SSSR count). The van der Waals surface area contributed by atoms with Gasteiger partial charge in [-0.1, -0.05) is 41.6 Å². The molecule has 0 amide bonds. The van der Waals surface area contributed by atoms with Crippen LogP contribution in [0.3, 0.4) is 0 Å². The van der Waals surface area contributed by atoms with Gasteiger partial charge in [0.05, 0.1) is 12.3 Å². The molecular weight excluding hydrogens is 330 g/mol. The maximum absolute atomic E-state index is 11.3. The summed E-state index contributed by atoms with van der Waals surface area (Å²) in [7, 11) is 3.65. The molecule has 0 unspecified atom stereocenters. The molecule has 0 saturated heterocycles. The van der Waals surface area contributed by atoms with Crippen LogP contribution in [0.15, 0.2) is 58.9 Å². The molecule has 0 aliphatic rings. The zero-order chi connectivity index (χ0) is 18.8. The number of esters is 1. The standard InChI is InChI=1S/C20H23N3O3/c1-4-25-20(24)15-26-19-13-9-17(10-14-19)6-5-16-7-11-18(12-8-16)21-22-23(2)3/h5-14H,4,15H2,1-3H3/b6-5-,22-21+. The molecule has 0 radical (unpaired) electrons. The average molecular weight is 353 g/mol. The second kappa shape index (κ2) is 9.98. The predicted molar refractivity (Wildman–Crippen MR) is 102 cm³/mol. The summed E-state index contributed by atoms with van der Waals surface area (Å²) in [5.74, 6) is 0.260. The topological polar surface area (TPSA) is 63.5 Å². The molecule has 0 aromatic heterocycles. The summed E-state index contributed by atoms with van der Waals surface area (Å²) < 4.78 is 10.2. The molecule has 0 aliphatic carbocycles. The van der Waals surface area contributed by atoms with E-state index in [4.69, 9.17) is 9.47 Å². The maximum atomic E-state index is 11.3. The van der Waals surface area contributed by atoms with Crippen molar-refractivity contribution in [2.45, 2.75) is 6.92 Å². The van der Waals surface area contributed by atoms with Gasteiger partial charge in [0, 0.05) is 14.1 Å². The van der Waals surface area contributed by atoms with Gasteiger partial charge in [0.2, 0.25) is 0 Å². The molecule has 0 fully saturated rings. The summed E-state index contributed by atoms with van der Waals surface area (Å²) in [6.45, 7) is 2.03. The first-order chi connectivity index (χ1) is 12.6. The van der Waals surface area contributed by atoms with E-state index in [1.165, 1.54) is 0 Å². The Kier molecular flexibility index (Phi) is 7.36. The summed E-state index contributed by atoms with van der Waals surface area (Å²) in [6, 6.07) is 15.3. The van der Waals surface area contributed by atoms with E-state index in [9.17, 15) is 4.79 Å². The highest BCUT2D eigenvalue weighted by molar-refractivity contribution is 5.71. The Bertz CT molecular complexity index is 751. The van der Waals surface area contributed by atoms with E-state index >= 15 is 0 Å². The fourth-order valence-electron chi connectivity index (χ4n) is 2.01. The minimum atomic E-state index is -0.370. The van der Waals surface area contributed by atoms with Crippen molar-refractivity contribution < 1.29 is 14.3 Å². The van der Waals surface area contributed by atoms with Gasteiger partial charge in [0.15, 0.2) is 6.61 Å². The Morgan fingerprint density at radius 3 is 2.12 bits per heavy atom. The van der Waals surface area contributed by atoms with Gasteiger partial charge in [-0.15, -0.1) is 5.11 Å². The highest BCUT2D eigenvalue weighted by Crippen LogP contribution is 2.17. The Morgan fingerprint density at radius 1 is 1.00 bits per heavy atom. The van der Waals surface area contributed by atoms with Gasteiger partial charge in [-0.05, 0) is 42.3 Å². The van der Waals surface area contributed by atoms with Crippen molar-refractivity contribution in [1.82, 2.24) is 5.01 Å². The number of benzene rings is 2. The molecule has 136 valence electrons. The fourth-order valence-corrected chi connectivity index (χ4v) is 2.01. The molecule has 0 aliphatic heterocycles. The van der Waals surface area contributed by atoms with Gasteiger partial charge in [0.25, 0.3) is 0 Å². The Morgan fingerprint density at radius 2 is 1.58 bits per heavy atom. The zero-order valence-electron chi connectivity index (χ0n) is 15.3. The van der Waals surface area contributed by atoms with E-state index in [-0.39, 0.29) is 12.6 Å². The zero-order valence-corrected chi connectivity index (χ0v) is 15.3. The Hall–Kier alpha value is -3.15. The normalized spacial score (nSPS) is 11.0. The lowest BCUT2D eigenvalue weighted by Crippen LogP contribution is -2.14. The fraction of sp³-hybridized carbons (Fsp3) is 0.250. The van der Waals surface area contributed by atoms with Crippen molar-refractivity contribution in [2.75, 3.05) is 27.3 Å². The van der Waals surface area contributed by atoms with Gasteiger partial charge >= 0.3 is 5.97 Å². The molecular formula is C20H23N3O3. The highest BCUT2D eigenvalue weighted by Gasteiger charge is 2.02. The third-order valence-corrected chi connectivity index (χ3v) is 3.24. The number of hydrogen-bond donors (Lipinski definition) is 0. The molecule has 0 N–H and O–H groups in total. The molecule has 6 heteroatoms. The van der Waals surface area contributed by atoms with Gasteiger partial charge in [-0.25, -0.2) is 4.79 Å². The van der Waals surface area contributed by atoms with Crippen LogP contribution < -0.4 is 4.74 Å². The number of nitrogens with zero attached hydrogens (tertiary/aromatic N) is 3. The molecule has 0 atom stereocenters. The summed E-state index contributed by atoms with van der Waals surface area (Å²) >= 11 is 0. The summed E-state index contributed by atoms with van der Waals surface area (Å²) in [5, 5.41) is 9.71. The van der Waals surface area contributed by atoms with Crippen LogP contribution in [0.2, 0.25) is 0 Å². The SMILES string of the molecule is CCOC(=O)COc1ccc(/C=C\c2ccc(/N=N/N(C)C)cc2)cc1. The third-order valence-electron chi connectivity index (χ3n) is 3.24. The minimum Gasteiger partial charge on any atom is -0.482 e. The van der Waals surface area contributed by atoms with Crippen LogP contribution in [0.4, 0.5) is 5.69 Å². The molecule has 6 nitrogen and oxygen atoms in total. The first-order valence-electron chi connectivity index (χ1n) is 8.32. The Balaban J connectivity index is 1.90. The van der Waals surface area contributed by atoms with Gasteiger partial charge in [-0.3, -0.25) is 5.01 Å². The quantitative estimate of drug-likeness (QED) is 0.306. The first-order valence-corrected chi connectivity index (χ1v) is 8.32. The van der Waals surface area contributed by atoms with E-state index in [2.05, 4.69) is 10.3 Å². The second-order valence-corrected chi connectivity index (χ2v) is 5.62. The van der Waals surface area contributed by atoms with Crippen molar-refractivity contribution in [3.63, 3.8) is 0 Å². The summed E-state index contributed by atoms with van der Waals surface area (Å²) in [6.07, 6.45) is 4.02. The molecule has 0 saturated carbocycles. The third kappa shape index (κ3) is 6.76. The van der Waals surface area contributed by atoms with E-state index in [1.54, 1.807) is 11.9 Å². The molecule has 26 heavy (non-hydrogen) atoms. The number of rotatable bonds is 8. The highest BCUT2D eigenvalue weighted by atomic mass is 16.6. The van der Waals surface area contributed by atoms with E-state index in [0.29, 0.717) is 12.4 Å². The van der Waals surface area contributed by atoms with E-state index < -0.39 is 0 Å². The number of carbonyl (C=O) groups is 1. The van der Waals surface area contributed by atoms with Crippen LogP contribution in [0.1, 0.15) is 18.1 Å². The number of hydrogen-bond acceptors (Lipinski definition) is 5. The molecule has 0 spiro atoms. The van der Waals surface area contributed by atoms with Crippen LogP contribution >= 0.6 is 0 Å². The van der Waals surface area contributed by atoms with Gasteiger partial charge in [0.1, 0.15) is 5.75 Å². The smallest absolute Gasteiger partial charge is 0.344 e. The van der Waals surface area contributed by atoms with Gasteiger partial charge < -0.3 is 9.47 Å². The van der Waals surface area contributed by atoms with Crippen LogP contribution in [-0.4, -0.2) is 38.3 Å². The average Bonchev–Trinajstić information content (AvgIpc) is 2.65. The predicted octanol–water partition coefficient (Wildman–Crippen LogP) is 4.36. The Labute approximate surface area is 153 Å². The summed E-state index contributed by atoms with van der Waals surface area (Å²) in [4.78, 5) is 11.3. The molecule has 0 heterocycles. The van der Waals surface area contributed by atoms with Crippen molar-refractivity contribution in [3.05, 3.63) is 59.7 Å². The number of ether oxygens (including phenoxy) is 2. The molecule has 2 aromatic carbocycles. The van der Waals surface area contributed by atoms with E-state index in [1.807, 2.05) is 74.8 Å². The second-order valence-electron chi connectivity index (χ2n) is 5.62. The number of carbonyl (C=O) groups excluding carboxylic acids is 1. The lowest BCUT2D eigenvalue weighted by atomic mass is 10.1. The monoisotopic (exact) mass is 353 g/mol.